The quantitative estimate of drug-likeness (QED) is 0.548. The van der Waals surface area contributed by atoms with Crippen molar-refractivity contribution in [2.24, 2.45) is 0 Å². The van der Waals surface area contributed by atoms with Gasteiger partial charge in [0.2, 0.25) is 0 Å². The van der Waals surface area contributed by atoms with Gasteiger partial charge in [-0.1, -0.05) is 6.08 Å². The topological polar surface area (TPSA) is 69.7 Å². The van der Waals surface area contributed by atoms with Crippen molar-refractivity contribution >= 4 is 16.1 Å². The molecule has 0 aromatic carbocycles. The fourth-order valence-electron chi connectivity index (χ4n) is 1.59. The highest BCUT2D eigenvalue weighted by molar-refractivity contribution is 7.86. The van der Waals surface area contributed by atoms with Gasteiger partial charge in [0.05, 0.1) is 19.0 Å². The van der Waals surface area contributed by atoms with Crippen molar-refractivity contribution in [2.45, 2.75) is 32.3 Å². The highest BCUT2D eigenvalue weighted by Crippen LogP contribution is 2.23. The lowest BCUT2D eigenvalue weighted by Crippen LogP contribution is -2.23. The van der Waals surface area contributed by atoms with Crippen LogP contribution in [0.15, 0.2) is 11.6 Å². The lowest BCUT2D eigenvalue weighted by Gasteiger charge is -2.20. The average molecular weight is 248 g/mol. The summed E-state index contributed by atoms with van der Waals surface area (Å²) in [7, 11) is -3.46. The number of rotatable bonds is 4. The predicted octanol–water partition coefficient (Wildman–Crippen LogP) is 1.00. The number of hydrogen-bond acceptors (Lipinski definition) is 5. The van der Waals surface area contributed by atoms with E-state index in [-0.39, 0.29) is 5.97 Å². The Hall–Kier alpha value is -0.880. The fraction of sp³-hybridized carbons (Fsp3) is 0.700. The molecular weight excluding hydrogens is 232 g/mol. The van der Waals surface area contributed by atoms with Crippen molar-refractivity contribution < 1.29 is 22.1 Å². The van der Waals surface area contributed by atoms with Gasteiger partial charge in [-0.15, -0.1) is 0 Å². The van der Waals surface area contributed by atoms with Crippen LogP contribution in [0, 0.1) is 0 Å². The number of carbonyl (C=O) groups is 1. The van der Waals surface area contributed by atoms with Gasteiger partial charge in [0.25, 0.3) is 10.1 Å². The maximum absolute atomic E-state index is 11.4. The lowest BCUT2D eigenvalue weighted by molar-refractivity contribution is -0.139. The van der Waals surface area contributed by atoms with E-state index in [1.54, 1.807) is 13.0 Å². The van der Waals surface area contributed by atoms with E-state index in [1.807, 2.05) is 0 Å². The molecule has 0 spiro atoms. The van der Waals surface area contributed by atoms with E-state index in [4.69, 9.17) is 8.92 Å². The van der Waals surface area contributed by atoms with Crippen molar-refractivity contribution in [3.63, 3.8) is 0 Å². The molecule has 0 radical (unpaired) electrons. The van der Waals surface area contributed by atoms with Gasteiger partial charge in [0, 0.05) is 12.0 Å². The SMILES string of the molecule is CCOC(=O)C1=CCC[C@H](OS(C)(=O)=O)C1. The van der Waals surface area contributed by atoms with Crippen LogP contribution in [0.3, 0.4) is 0 Å². The highest BCUT2D eigenvalue weighted by Gasteiger charge is 2.24. The third-order valence-electron chi connectivity index (χ3n) is 2.18. The zero-order valence-corrected chi connectivity index (χ0v) is 10.2. The lowest BCUT2D eigenvalue weighted by atomic mass is 9.97. The van der Waals surface area contributed by atoms with Crippen LogP contribution in [0.2, 0.25) is 0 Å². The molecule has 0 unspecified atom stereocenters. The minimum absolute atomic E-state index is 0.298. The molecule has 0 saturated carbocycles. The first-order valence-electron chi connectivity index (χ1n) is 5.16. The van der Waals surface area contributed by atoms with E-state index < -0.39 is 16.2 Å². The second kappa shape index (κ2) is 5.45. The summed E-state index contributed by atoms with van der Waals surface area (Å²) in [5, 5.41) is 0. The van der Waals surface area contributed by atoms with Crippen molar-refractivity contribution in [1.29, 1.82) is 0 Å². The van der Waals surface area contributed by atoms with Crippen molar-refractivity contribution in [2.75, 3.05) is 12.9 Å². The molecule has 6 heteroatoms. The van der Waals surface area contributed by atoms with Crippen LogP contribution in [-0.4, -0.2) is 33.4 Å². The van der Waals surface area contributed by atoms with Gasteiger partial charge in [0.1, 0.15) is 0 Å². The monoisotopic (exact) mass is 248 g/mol. The first-order chi connectivity index (χ1) is 7.42. The van der Waals surface area contributed by atoms with Gasteiger partial charge in [0.15, 0.2) is 0 Å². The van der Waals surface area contributed by atoms with Crippen LogP contribution in [0.25, 0.3) is 0 Å². The molecule has 0 aromatic rings. The highest BCUT2D eigenvalue weighted by atomic mass is 32.2. The Morgan fingerprint density at radius 2 is 2.25 bits per heavy atom. The predicted molar refractivity (Wildman–Crippen MR) is 58.3 cm³/mol. The molecule has 16 heavy (non-hydrogen) atoms. The van der Waals surface area contributed by atoms with E-state index in [0.717, 1.165) is 6.26 Å². The van der Waals surface area contributed by atoms with Crippen molar-refractivity contribution in [3.8, 4) is 0 Å². The Morgan fingerprint density at radius 3 is 2.81 bits per heavy atom. The fourth-order valence-corrected chi connectivity index (χ4v) is 2.25. The third-order valence-corrected chi connectivity index (χ3v) is 2.80. The van der Waals surface area contributed by atoms with Crippen LogP contribution in [-0.2, 0) is 23.8 Å². The molecular formula is C10H16O5S. The molecule has 1 rings (SSSR count). The van der Waals surface area contributed by atoms with E-state index in [2.05, 4.69) is 0 Å². The van der Waals surface area contributed by atoms with E-state index >= 15 is 0 Å². The molecule has 1 aliphatic carbocycles. The molecule has 1 aliphatic rings. The van der Waals surface area contributed by atoms with Crippen LogP contribution in [0.4, 0.5) is 0 Å². The minimum Gasteiger partial charge on any atom is -0.463 e. The van der Waals surface area contributed by atoms with E-state index in [1.165, 1.54) is 0 Å². The van der Waals surface area contributed by atoms with Gasteiger partial charge in [-0.05, 0) is 19.8 Å². The van der Waals surface area contributed by atoms with Crippen LogP contribution in [0.1, 0.15) is 26.2 Å². The second-order valence-electron chi connectivity index (χ2n) is 3.65. The Labute approximate surface area is 95.6 Å². The van der Waals surface area contributed by atoms with E-state index in [0.29, 0.717) is 31.4 Å². The Kier molecular flexibility index (Phi) is 4.49. The first kappa shape index (κ1) is 13.2. The Bertz CT molecular complexity index is 382. The van der Waals surface area contributed by atoms with E-state index in [9.17, 15) is 13.2 Å². The first-order valence-corrected chi connectivity index (χ1v) is 6.98. The molecule has 0 bridgehead atoms. The molecule has 0 aromatic heterocycles. The summed E-state index contributed by atoms with van der Waals surface area (Å²) in [4.78, 5) is 11.4. The number of hydrogen-bond donors (Lipinski definition) is 0. The number of carbonyl (C=O) groups excluding carboxylic acids is 1. The third kappa shape index (κ3) is 4.32. The van der Waals surface area contributed by atoms with Gasteiger partial charge in [-0.3, -0.25) is 4.18 Å². The summed E-state index contributed by atoms with van der Waals surface area (Å²) in [6.45, 7) is 2.04. The van der Waals surface area contributed by atoms with Gasteiger partial charge < -0.3 is 4.74 Å². The largest absolute Gasteiger partial charge is 0.463 e. The van der Waals surface area contributed by atoms with Crippen LogP contribution >= 0.6 is 0 Å². The average Bonchev–Trinajstić information content (AvgIpc) is 2.16. The maximum Gasteiger partial charge on any atom is 0.333 e. The summed E-state index contributed by atoms with van der Waals surface area (Å²) in [6, 6.07) is 0. The minimum atomic E-state index is -3.46. The normalized spacial score (nSPS) is 21.4. The molecule has 1 atom stereocenters. The molecule has 0 aliphatic heterocycles. The number of ether oxygens (including phenoxy) is 1. The molecule has 0 heterocycles. The summed E-state index contributed by atoms with van der Waals surface area (Å²) in [5.74, 6) is -0.385. The van der Waals surface area contributed by atoms with Crippen LogP contribution in [0.5, 0.6) is 0 Å². The van der Waals surface area contributed by atoms with Gasteiger partial charge >= 0.3 is 5.97 Å². The van der Waals surface area contributed by atoms with Crippen LogP contribution < -0.4 is 0 Å². The molecule has 92 valence electrons. The standard InChI is InChI=1S/C10H16O5S/c1-3-14-10(11)8-5-4-6-9(7-8)15-16(2,12)13/h5,9H,3-4,6-7H2,1-2H3/t9-/m0/s1. The van der Waals surface area contributed by atoms with Gasteiger partial charge in [-0.2, -0.15) is 8.42 Å². The molecule has 0 N–H and O–H groups in total. The number of esters is 1. The summed E-state index contributed by atoms with van der Waals surface area (Å²) >= 11 is 0. The molecule has 5 nitrogen and oxygen atoms in total. The smallest absolute Gasteiger partial charge is 0.333 e. The van der Waals surface area contributed by atoms with Crippen molar-refractivity contribution in [1.82, 2.24) is 0 Å². The zero-order chi connectivity index (χ0) is 12.2. The maximum atomic E-state index is 11.4. The molecule has 0 fully saturated rings. The summed E-state index contributed by atoms with van der Waals surface area (Å²) < 4.78 is 31.6. The Morgan fingerprint density at radius 1 is 1.56 bits per heavy atom. The Balaban J connectivity index is 2.59. The zero-order valence-electron chi connectivity index (χ0n) is 9.43. The van der Waals surface area contributed by atoms with Gasteiger partial charge in [-0.25, -0.2) is 4.79 Å². The summed E-state index contributed by atoms with van der Waals surface area (Å²) in [6.07, 6.45) is 3.88. The second-order valence-corrected chi connectivity index (χ2v) is 5.25. The summed E-state index contributed by atoms with van der Waals surface area (Å²) in [5.41, 5.74) is 0.502. The molecule has 0 amide bonds. The molecule has 0 saturated heterocycles. The van der Waals surface area contributed by atoms with Crippen molar-refractivity contribution in [3.05, 3.63) is 11.6 Å². The number of allylic oxidation sites excluding steroid dienone is 1.